The number of nitrogens with zero attached hydrogens (tertiary/aromatic N) is 7. The smallest absolute Gasteiger partial charge is 0.293 e. The van der Waals surface area contributed by atoms with Crippen molar-refractivity contribution in [2.45, 2.75) is 26.2 Å². The van der Waals surface area contributed by atoms with Crippen molar-refractivity contribution in [3.05, 3.63) is 45.9 Å². The van der Waals surface area contributed by atoms with Gasteiger partial charge in [0.05, 0.1) is 5.56 Å². The van der Waals surface area contributed by atoms with Gasteiger partial charge in [0, 0.05) is 35.8 Å². The predicted octanol–water partition coefficient (Wildman–Crippen LogP) is 2.48. The molecule has 0 unspecified atom stereocenters. The van der Waals surface area contributed by atoms with Crippen molar-refractivity contribution in [3.63, 3.8) is 0 Å². The summed E-state index contributed by atoms with van der Waals surface area (Å²) in [4.78, 5) is 27.8. The second-order valence-corrected chi connectivity index (χ2v) is 7.67. The van der Waals surface area contributed by atoms with Gasteiger partial charge in [0.15, 0.2) is 5.82 Å². The van der Waals surface area contributed by atoms with Crippen LogP contribution in [0.15, 0.2) is 27.4 Å². The van der Waals surface area contributed by atoms with E-state index in [2.05, 4.69) is 25.2 Å². The molecule has 0 saturated carbocycles. The number of carbonyl (C=O) groups is 1. The zero-order valence-corrected chi connectivity index (χ0v) is 16.2. The minimum atomic E-state index is -0.202. The van der Waals surface area contributed by atoms with Crippen LogP contribution < -0.4 is 0 Å². The summed E-state index contributed by atoms with van der Waals surface area (Å²) < 4.78 is 6.97. The number of fused-ring (bicyclic) bond motifs is 1. The van der Waals surface area contributed by atoms with E-state index in [9.17, 15) is 4.79 Å². The van der Waals surface area contributed by atoms with Crippen molar-refractivity contribution in [3.8, 4) is 11.5 Å². The Morgan fingerprint density at radius 3 is 3.00 bits per heavy atom. The van der Waals surface area contributed by atoms with Gasteiger partial charge in [-0.3, -0.25) is 4.79 Å². The Hall–Kier alpha value is -3.14. The Labute approximate surface area is 164 Å². The molecule has 1 aliphatic heterocycles. The van der Waals surface area contributed by atoms with Gasteiger partial charge >= 0.3 is 0 Å². The molecule has 142 valence electrons. The van der Waals surface area contributed by atoms with E-state index >= 15 is 0 Å². The molecule has 0 bridgehead atoms. The highest BCUT2D eigenvalue weighted by Crippen LogP contribution is 2.28. The molecule has 4 aromatic rings. The van der Waals surface area contributed by atoms with Crippen molar-refractivity contribution in [2.24, 2.45) is 0 Å². The maximum absolute atomic E-state index is 12.9. The Bertz CT molecular complexity index is 1160. The Morgan fingerprint density at radius 2 is 2.18 bits per heavy atom. The van der Waals surface area contributed by atoms with Crippen molar-refractivity contribution in [1.29, 1.82) is 0 Å². The molecule has 1 amide bonds. The van der Waals surface area contributed by atoms with Gasteiger partial charge < -0.3 is 9.42 Å². The highest BCUT2D eigenvalue weighted by Gasteiger charge is 2.33. The van der Waals surface area contributed by atoms with E-state index in [-0.39, 0.29) is 17.6 Å². The number of thiophene rings is 1. The normalized spacial score (nSPS) is 16.9. The molecule has 5 heterocycles. The molecule has 1 aliphatic rings. The van der Waals surface area contributed by atoms with Gasteiger partial charge in [-0.1, -0.05) is 5.16 Å². The minimum Gasteiger partial charge on any atom is -0.335 e. The summed E-state index contributed by atoms with van der Waals surface area (Å²) in [6.45, 7) is 4.93. The van der Waals surface area contributed by atoms with E-state index in [4.69, 9.17) is 4.52 Å². The number of aromatic nitrogens is 6. The van der Waals surface area contributed by atoms with Gasteiger partial charge in [0.25, 0.3) is 17.6 Å². The average molecular weight is 395 g/mol. The monoisotopic (exact) mass is 395 g/mol. The molecule has 0 aromatic carbocycles. The van der Waals surface area contributed by atoms with Crippen LogP contribution in [0.3, 0.4) is 0 Å². The first kappa shape index (κ1) is 17.0. The van der Waals surface area contributed by atoms with E-state index in [1.807, 2.05) is 36.7 Å². The largest absolute Gasteiger partial charge is 0.335 e. The van der Waals surface area contributed by atoms with Crippen LogP contribution in [-0.4, -0.2) is 53.6 Å². The third-order valence-electron chi connectivity index (χ3n) is 4.86. The van der Waals surface area contributed by atoms with Crippen LogP contribution in [0, 0.1) is 13.8 Å². The van der Waals surface area contributed by atoms with Crippen molar-refractivity contribution in [2.75, 3.05) is 13.1 Å². The van der Waals surface area contributed by atoms with Crippen molar-refractivity contribution >= 4 is 23.0 Å². The summed E-state index contributed by atoms with van der Waals surface area (Å²) >= 11 is 1.58. The lowest BCUT2D eigenvalue weighted by atomic mass is 10.1. The summed E-state index contributed by atoms with van der Waals surface area (Å²) in [5.74, 6) is 1.59. The molecular weight excluding hydrogens is 378 g/mol. The predicted molar refractivity (Wildman–Crippen MR) is 101 cm³/mol. The number of likely N-dealkylation sites (tertiary alicyclic amines) is 1. The third-order valence-corrected chi connectivity index (χ3v) is 5.54. The van der Waals surface area contributed by atoms with Crippen LogP contribution in [0.4, 0.5) is 0 Å². The van der Waals surface area contributed by atoms with Gasteiger partial charge in [-0.15, -0.1) is 5.10 Å². The molecule has 1 saturated heterocycles. The molecule has 28 heavy (non-hydrogen) atoms. The summed E-state index contributed by atoms with van der Waals surface area (Å²) in [6.07, 6.45) is 0.776. The molecule has 9 nitrogen and oxygen atoms in total. The van der Waals surface area contributed by atoms with E-state index in [0.717, 1.165) is 23.4 Å². The topological polar surface area (TPSA) is 102 Å². The fraction of sp³-hybridized carbons (Fsp3) is 0.333. The summed E-state index contributed by atoms with van der Waals surface area (Å²) in [7, 11) is 0. The molecule has 0 N–H and O–H groups in total. The third kappa shape index (κ3) is 2.85. The second kappa shape index (κ2) is 6.48. The van der Waals surface area contributed by atoms with Crippen LogP contribution >= 0.6 is 11.3 Å². The van der Waals surface area contributed by atoms with Gasteiger partial charge in [-0.25, -0.2) is 9.50 Å². The average Bonchev–Trinajstić information content (AvgIpc) is 3.46. The molecule has 1 fully saturated rings. The molecule has 10 heteroatoms. The van der Waals surface area contributed by atoms with Crippen LogP contribution in [0.1, 0.15) is 40.2 Å². The van der Waals surface area contributed by atoms with E-state index in [0.29, 0.717) is 30.6 Å². The lowest BCUT2D eigenvalue weighted by Gasteiger charge is -2.13. The standard InChI is InChI=1S/C18H17N7O2S/c1-10-7-11(2)25-18(19-10)21-15(22-25)17(26)24-5-3-12(8-24)14-20-16(27-23-14)13-4-6-28-9-13/h4,6-7,9,12H,3,5,8H2,1-2H3/t12-/m0/s1. The summed E-state index contributed by atoms with van der Waals surface area (Å²) in [6, 6.07) is 3.85. The number of hydrogen-bond donors (Lipinski definition) is 0. The zero-order chi connectivity index (χ0) is 19.3. The number of aryl methyl sites for hydroxylation is 2. The molecule has 5 rings (SSSR count). The Kier molecular flexibility index (Phi) is 3.93. The highest BCUT2D eigenvalue weighted by molar-refractivity contribution is 7.08. The molecule has 0 radical (unpaired) electrons. The van der Waals surface area contributed by atoms with Crippen LogP contribution in [0.2, 0.25) is 0 Å². The van der Waals surface area contributed by atoms with Gasteiger partial charge in [0.2, 0.25) is 5.82 Å². The van der Waals surface area contributed by atoms with Crippen molar-refractivity contribution < 1.29 is 9.32 Å². The van der Waals surface area contributed by atoms with Crippen LogP contribution in [-0.2, 0) is 0 Å². The van der Waals surface area contributed by atoms with Crippen molar-refractivity contribution in [1.82, 2.24) is 34.6 Å². The lowest BCUT2D eigenvalue weighted by molar-refractivity contribution is 0.0778. The second-order valence-electron chi connectivity index (χ2n) is 6.89. The molecule has 0 spiro atoms. The molecular formula is C18H17N7O2S. The first-order chi connectivity index (χ1) is 13.6. The zero-order valence-electron chi connectivity index (χ0n) is 15.4. The maximum Gasteiger partial charge on any atom is 0.293 e. The van der Waals surface area contributed by atoms with E-state index < -0.39 is 0 Å². The first-order valence-electron chi connectivity index (χ1n) is 8.95. The number of rotatable bonds is 3. The minimum absolute atomic E-state index is 0.0409. The molecule has 0 aliphatic carbocycles. The van der Waals surface area contributed by atoms with Crippen LogP contribution in [0.5, 0.6) is 0 Å². The summed E-state index contributed by atoms with van der Waals surface area (Å²) in [5.41, 5.74) is 2.65. The number of amides is 1. The maximum atomic E-state index is 12.9. The fourth-order valence-corrected chi connectivity index (χ4v) is 4.09. The van der Waals surface area contributed by atoms with E-state index in [1.165, 1.54) is 0 Å². The van der Waals surface area contributed by atoms with E-state index in [1.54, 1.807) is 20.8 Å². The highest BCUT2D eigenvalue weighted by atomic mass is 32.1. The quantitative estimate of drug-likeness (QED) is 0.525. The first-order valence-corrected chi connectivity index (χ1v) is 9.89. The fourth-order valence-electron chi connectivity index (χ4n) is 3.46. The number of carbonyl (C=O) groups excluding carboxylic acids is 1. The molecule has 1 atom stereocenters. The molecule has 4 aromatic heterocycles. The SMILES string of the molecule is Cc1cc(C)n2nc(C(=O)N3CC[C@H](c4noc(-c5ccsc5)n4)C3)nc2n1. The number of hydrogen-bond acceptors (Lipinski definition) is 8. The van der Waals surface area contributed by atoms with Gasteiger partial charge in [-0.2, -0.15) is 21.3 Å². The summed E-state index contributed by atoms with van der Waals surface area (Å²) in [5, 5.41) is 12.4. The lowest BCUT2D eigenvalue weighted by Crippen LogP contribution is -2.29. The Morgan fingerprint density at radius 1 is 1.29 bits per heavy atom. The van der Waals surface area contributed by atoms with Crippen LogP contribution in [0.25, 0.3) is 17.2 Å². The van der Waals surface area contributed by atoms with Gasteiger partial charge in [0.1, 0.15) is 0 Å². The van der Waals surface area contributed by atoms with Gasteiger partial charge in [-0.05, 0) is 37.8 Å². The Balaban J connectivity index is 1.34.